The topological polar surface area (TPSA) is 90.1 Å². The van der Waals surface area contributed by atoms with Crippen LogP contribution in [0.1, 0.15) is 57.9 Å². The third kappa shape index (κ3) is 6.30. The van der Waals surface area contributed by atoms with Gasteiger partial charge >= 0.3 is 5.63 Å². The van der Waals surface area contributed by atoms with E-state index in [2.05, 4.69) is 16.9 Å². The highest BCUT2D eigenvalue weighted by molar-refractivity contribution is 8.14. The molecule has 166 valence electrons. The van der Waals surface area contributed by atoms with Gasteiger partial charge in [-0.1, -0.05) is 19.4 Å². The van der Waals surface area contributed by atoms with Crippen molar-refractivity contribution in [2.24, 2.45) is 4.99 Å². The molecule has 1 N–H and O–H groups in total. The van der Waals surface area contributed by atoms with Crippen LogP contribution in [0.15, 0.2) is 39.0 Å². The Morgan fingerprint density at radius 3 is 2.70 bits per heavy atom. The predicted octanol–water partition coefficient (Wildman–Crippen LogP) is 3.63. The minimum atomic E-state index is -0.947. The van der Waals surface area contributed by atoms with Crippen molar-refractivity contribution in [2.75, 3.05) is 19.0 Å². The number of carbonyl (C=O) groups is 1. The molecule has 0 spiro atoms. The predicted molar refractivity (Wildman–Crippen MR) is 120 cm³/mol. The molecule has 2 rings (SSSR count). The minimum Gasteiger partial charge on any atom is -0.426 e. The lowest BCUT2D eigenvalue weighted by molar-refractivity contribution is -0.168. The van der Waals surface area contributed by atoms with Crippen LogP contribution >= 0.6 is 11.8 Å². The fraction of sp³-hybridized carbons (Fsp3) is 0.591. The Kier molecular flexibility index (Phi) is 9.33. The maximum atomic E-state index is 12.9. The number of amides is 1. The molecule has 1 aromatic rings. The summed E-state index contributed by atoms with van der Waals surface area (Å²) in [6, 6.07) is 2.31. The summed E-state index contributed by atoms with van der Waals surface area (Å²) in [7, 11) is 0. The van der Waals surface area contributed by atoms with Gasteiger partial charge in [0, 0.05) is 25.0 Å². The van der Waals surface area contributed by atoms with Gasteiger partial charge < -0.3 is 19.2 Å². The molecule has 30 heavy (non-hydrogen) atoms. The van der Waals surface area contributed by atoms with E-state index in [0.29, 0.717) is 42.6 Å². The van der Waals surface area contributed by atoms with Crippen molar-refractivity contribution in [3.63, 3.8) is 0 Å². The number of aliphatic imine (C=N–C) groups is 1. The van der Waals surface area contributed by atoms with E-state index >= 15 is 0 Å². The van der Waals surface area contributed by atoms with Gasteiger partial charge in [0.1, 0.15) is 16.8 Å². The normalized spacial score (nSPS) is 17.5. The average molecular weight is 437 g/mol. The van der Waals surface area contributed by atoms with Gasteiger partial charge in [-0.25, -0.2) is 4.79 Å². The van der Waals surface area contributed by atoms with Crippen LogP contribution in [0.3, 0.4) is 0 Å². The molecule has 0 saturated heterocycles. The van der Waals surface area contributed by atoms with Gasteiger partial charge in [-0.05, 0) is 45.2 Å². The minimum absolute atomic E-state index is 0.205. The largest absolute Gasteiger partial charge is 0.426 e. The Hall–Kier alpha value is -1.90. The zero-order valence-electron chi connectivity index (χ0n) is 18.2. The first-order chi connectivity index (χ1) is 14.4. The number of hydrogen-bond acceptors (Lipinski definition) is 7. The fourth-order valence-electron chi connectivity index (χ4n) is 3.32. The van der Waals surface area contributed by atoms with Crippen molar-refractivity contribution in [1.29, 1.82) is 0 Å². The highest BCUT2D eigenvalue weighted by atomic mass is 32.2. The molecular weight excluding hydrogens is 404 g/mol. The van der Waals surface area contributed by atoms with E-state index in [0.717, 1.165) is 12.0 Å². The van der Waals surface area contributed by atoms with Crippen LogP contribution in [0.5, 0.6) is 0 Å². The Bertz CT molecular complexity index is 814. The number of carbonyl (C=O) groups excluding carboxylic acids is 1. The summed E-state index contributed by atoms with van der Waals surface area (Å²) in [6.45, 7) is 12.3. The first kappa shape index (κ1) is 24.4. The molecule has 2 atom stereocenters. The quantitative estimate of drug-likeness (QED) is 0.397. The lowest BCUT2D eigenvalue weighted by Gasteiger charge is -2.28. The second-order valence-electron chi connectivity index (χ2n) is 7.10. The van der Waals surface area contributed by atoms with Crippen LogP contribution in [-0.2, 0) is 20.7 Å². The lowest BCUT2D eigenvalue weighted by atomic mass is 10.1. The molecule has 0 aromatic carbocycles. The summed E-state index contributed by atoms with van der Waals surface area (Å²) in [5, 5.41) is 3.67. The molecule has 1 amide bonds. The zero-order valence-corrected chi connectivity index (χ0v) is 19.0. The Balaban J connectivity index is 2.19. The van der Waals surface area contributed by atoms with Gasteiger partial charge in [0.05, 0.1) is 6.04 Å². The average Bonchev–Trinajstić information content (AvgIpc) is 3.19. The van der Waals surface area contributed by atoms with E-state index in [1.807, 2.05) is 33.8 Å². The molecule has 0 saturated carbocycles. The van der Waals surface area contributed by atoms with Gasteiger partial charge in [0.2, 0.25) is 11.7 Å². The standard InChI is InChI=1S/C22H32N2O5S/c1-6-10-15-12-18(29-19(25)13-15)16(11-7-2)23-20(26)17-14-30-21(24-17)22(5,27-8-3)28-9-4/h6,12-13,16-17H,1,7-11,14H2,2-5H3,(H,23,26). The fourth-order valence-corrected chi connectivity index (χ4v) is 4.45. The number of hydrogen-bond donors (Lipinski definition) is 1. The molecule has 1 aliphatic rings. The summed E-state index contributed by atoms with van der Waals surface area (Å²) < 4.78 is 16.9. The van der Waals surface area contributed by atoms with Gasteiger partial charge in [-0.3, -0.25) is 9.79 Å². The summed E-state index contributed by atoms with van der Waals surface area (Å²) in [5.41, 5.74) is 0.383. The van der Waals surface area contributed by atoms with Gasteiger partial charge in [-0.2, -0.15) is 0 Å². The second kappa shape index (κ2) is 11.5. The van der Waals surface area contributed by atoms with Crippen LogP contribution in [0.25, 0.3) is 0 Å². The molecule has 0 aliphatic carbocycles. The molecule has 1 aromatic heterocycles. The molecule has 0 radical (unpaired) electrons. The Morgan fingerprint density at radius 1 is 1.40 bits per heavy atom. The monoisotopic (exact) mass is 436 g/mol. The molecule has 0 fully saturated rings. The van der Waals surface area contributed by atoms with E-state index in [-0.39, 0.29) is 5.91 Å². The Labute approximate surface area is 182 Å². The van der Waals surface area contributed by atoms with Crippen LogP contribution in [0.4, 0.5) is 0 Å². The smallest absolute Gasteiger partial charge is 0.336 e. The summed E-state index contributed by atoms with van der Waals surface area (Å²) in [4.78, 5) is 29.5. The van der Waals surface area contributed by atoms with Crippen LogP contribution in [-0.4, -0.2) is 41.7 Å². The maximum absolute atomic E-state index is 12.9. The lowest BCUT2D eigenvalue weighted by Crippen LogP contribution is -2.40. The SMILES string of the molecule is C=CCc1cc(C(CCC)NC(=O)C2CSC(C(C)(OCC)OCC)=N2)oc(=O)c1. The van der Waals surface area contributed by atoms with E-state index < -0.39 is 23.5 Å². The summed E-state index contributed by atoms with van der Waals surface area (Å²) >= 11 is 1.47. The third-order valence-corrected chi connectivity index (χ3v) is 5.88. The van der Waals surface area contributed by atoms with Crippen molar-refractivity contribution >= 4 is 22.7 Å². The molecule has 7 nitrogen and oxygen atoms in total. The van der Waals surface area contributed by atoms with Gasteiger partial charge in [0.15, 0.2) is 0 Å². The number of thioether (sulfide) groups is 1. The zero-order chi connectivity index (χ0) is 22.1. The van der Waals surface area contributed by atoms with Crippen molar-refractivity contribution in [3.8, 4) is 0 Å². The highest BCUT2D eigenvalue weighted by Crippen LogP contribution is 2.30. The van der Waals surface area contributed by atoms with Crippen LogP contribution in [0, 0.1) is 0 Å². The molecule has 2 heterocycles. The third-order valence-electron chi connectivity index (χ3n) is 4.65. The van der Waals surface area contributed by atoms with Gasteiger partial charge in [0.25, 0.3) is 0 Å². The number of nitrogens with zero attached hydrogens (tertiary/aromatic N) is 1. The van der Waals surface area contributed by atoms with Crippen molar-refractivity contribution < 1.29 is 18.7 Å². The molecular formula is C22H32N2O5S. The van der Waals surface area contributed by atoms with E-state index in [1.165, 1.54) is 17.8 Å². The number of rotatable bonds is 12. The van der Waals surface area contributed by atoms with Crippen LogP contribution in [0.2, 0.25) is 0 Å². The molecule has 2 unspecified atom stereocenters. The summed E-state index contributed by atoms with van der Waals surface area (Å²) in [5.74, 6) is -0.186. The summed E-state index contributed by atoms with van der Waals surface area (Å²) in [6.07, 6.45) is 3.76. The first-order valence-electron chi connectivity index (χ1n) is 10.4. The Morgan fingerprint density at radius 2 is 2.10 bits per heavy atom. The van der Waals surface area contributed by atoms with Crippen LogP contribution < -0.4 is 10.9 Å². The van der Waals surface area contributed by atoms with Crippen molar-refractivity contribution in [2.45, 2.75) is 64.8 Å². The molecule has 8 heteroatoms. The number of allylic oxidation sites excluding steroid dienone is 1. The van der Waals surface area contributed by atoms with Gasteiger partial charge in [-0.15, -0.1) is 18.3 Å². The van der Waals surface area contributed by atoms with Crippen molar-refractivity contribution in [3.05, 3.63) is 46.5 Å². The van der Waals surface area contributed by atoms with Crippen molar-refractivity contribution in [1.82, 2.24) is 5.32 Å². The molecule has 1 aliphatic heterocycles. The van der Waals surface area contributed by atoms with E-state index in [4.69, 9.17) is 13.9 Å². The first-order valence-corrected chi connectivity index (χ1v) is 11.4. The number of nitrogens with one attached hydrogen (secondary N) is 1. The maximum Gasteiger partial charge on any atom is 0.336 e. The molecule has 0 bridgehead atoms. The highest BCUT2D eigenvalue weighted by Gasteiger charge is 2.39. The van der Waals surface area contributed by atoms with E-state index in [9.17, 15) is 9.59 Å². The second-order valence-corrected chi connectivity index (χ2v) is 8.11. The number of ether oxygens (including phenoxy) is 2. The van der Waals surface area contributed by atoms with E-state index in [1.54, 1.807) is 6.08 Å².